The second kappa shape index (κ2) is 6.16. The first-order valence-electron chi connectivity index (χ1n) is 4.85. The summed E-state index contributed by atoms with van der Waals surface area (Å²) < 4.78 is 16.6. The van der Waals surface area contributed by atoms with Crippen LogP contribution < -0.4 is 4.52 Å². The molecule has 0 aliphatic rings. The number of benzene rings is 1. The van der Waals surface area contributed by atoms with Crippen LogP contribution >= 0.6 is 8.03 Å². The first-order chi connectivity index (χ1) is 7.27. The highest BCUT2D eigenvalue weighted by molar-refractivity contribution is 7.39. The third-order valence-electron chi connectivity index (χ3n) is 1.94. The summed E-state index contributed by atoms with van der Waals surface area (Å²) in [5, 5.41) is 8.50. The monoisotopic (exact) mass is 222 g/mol. The highest BCUT2D eigenvalue weighted by Crippen LogP contribution is 2.29. The Morgan fingerprint density at radius 2 is 2.20 bits per heavy atom. The van der Waals surface area contributed by atoms with Crippen molar-refractivity contribution in [2.24, 2.45) is 0 Å². The fraction of sp³-hybridized carbons (Fsp3) is 0.364. The maximum atomic E-state index is 11.3. The van der Waals surface area contributed by atoms with Crippen molar-refractivity contribution in [3.8, 4) is 11.8 Å². The molecule has 0 aromatic heterocycles. The molecule has 0 heterocycles. The second-order valence-electron chi connectivity index (χ2n) is 3.01. The normalized spacial score (nSPS) is 10.5. The van der Waals surface area contributed by atoms with Crippen molar-refractivity contribution in [1.29, 1.82) is 5.26 Å². The van der Waals surface area contributed by atoms with E-state index >= 15 is 0 Å². The van der Waals surface area contributed by atoms with E-state index in [2.05, 4.69) is 6.07 Å². The minimum atomic E-state index is -1.62. The van der Waals surface area contributed by atoms with E-state index in [1.165, 1.54) is 0 Å². The maximum absolute atomic E-state index is 11.3. The Hall–Kier alpha value is -1.39. The minimum Gasteiger partial charge on any atom is -0.254 e. The molecule has 15 heavy (non-hydrogen) atoms. The third kappa shape index (κ3) is 3.69. The number of nitrogens with zero attached hydrogens (tertiary/aromatic N) is 1. The Morgan fingerprint density at radius 3 is 2.87 bits per heavy atom. The lowest BCUT2D eigenvalue weighted by Gasteiger charge is -2.01. The summed E-state index contributed by atoms with van der Waals surface area (Å²) in [6.45, 7) is 1.82. The number of aryl methyl sites for hydroxylation is 1. The van der Waals surface area contributed by atoms with E-state index in [1.54, 1.807) is 6.07 Å². The molecule has 0 aliphatic carbocycles. The lowest BCUT2D eigenvalue weighted by Crippen LogP contribution is -1.90. The van der Waals surface area contributed by atoms with Gasteiger partial charge in [0.1, 0.15) is 0 Å². The van der Waals surface area contributed by atoms with E-state index in [0.717, 1.165) is 5.56 Å². The molecule has 0 saturated carbocycles. The molecule has 0 amide bonds. The average Bonchev–Trinajstić information content (AvgIpc) is 2.28. The molecule has 78 valence electrons. The summed E-state index contributed by atoms with van der Waals surface area (Å²) in [5.74, 6) is 0.635. The summed E-state index contributed by atoms with van der Waals surface area (Å²) >= 11 is 0. The van der Waals surface area contributed by atoms with Gasteiger partial charge in [-0.05, 0) is 24.0 Å². The molecule has 1 aromatic carbocycles. The van der Waals surface area contributed by atoms with Crippen LogP contribution in [0.5, 0.6) is 5.75 Å². The van der Waals surface area contributed by atoms with Crippen LogP contribution in [-0.4, -0.2) is 6.16 Å². The van der Waals surface area contributed by atoms with Crippen molar-refractivity contribution in [1.82, 2.24) is 0 Å². The van der Waals surface area contributed by atoms with Crippen molar-refractivity contribution in [2.45, 2.75) is 19.8 Å². The number of nitriles is 1. The number of para-hydroxylation sites is 1. The van der Waals surface area contributed by atoms with Crippen LogP contribution in [0.4, 0.5) is 0 Å². The third-order valence-corrected chi connectivity index (χ3v) is 2.85. The van der Waals surface area contributed by atoms with Gasteiger partial charge in [0.2, 0.25) is 0 Å². The predicted octanol–water partition coefficient (Wildman–Crippen LogP) is 3.28. The SMILES string of the molecule is CC[P+](=O)Oc1ccccc1CCC#N. The largest absolute Gasteiger partial charge is 0.555 e. The average molecular weight is 222 g/mol. The van der Waals surface area contributed by atoms with Gasteiger partial charge in [-0.1, -0.05) is 18.2 Å². The zero-order chi connectivity index (χ0) is 11.1. The molecule has 1 aromatic rings. The predicted molar refractivity (Wildman–Crippen MR) is 59.2 cm³/mol. The van der Waals surface area contributed by atoms with Crippen LogP contribution in [0.2, 0.25) is 0 Å². The first kappa shape index (κ1) is 11.7. The molecule has 0 saturated heterocycles. The Labute approximate surface area is 90.6 Å². The molecule has 0 spiro atoms. The van der Waals surface area contributed by atoms with E-state index in [9.17, 15) is 4.57 Å². The first-order valence-corrected chi connectivity index (χ1v) is 6.21. The van der Waals surface area contributed by atoms with Crippen molar-refractivity contribution in [3.63, 3.8) is 0 Å². The van der Waals surface area contributed by atoms with Crippen LogP contribution in [0.25, 0.3) is 0 Å². The van der Waals surface area contributed by atoms with Crippen molar-refractivity contribution in [2.75, 3.05) is 6.16 Å². The lowest BCUT2D eigenvalue weighted by molar-refractivity contribution is 0.503. The summed E-state index contributed by atoms with van der Waals surface area (Å²) in [6.07, 6.45) is 1.59. The van der Waals surface area contributed by atoms with Gasteiger partial charge < -0.3 is 0 Å². The summed E-state index contributed by atoms with van der Waals surface area (Å²) in [4.78, 5) is 0. The summed E-state index contributed by atoms with van der Waals surface area (Å²) in [5.41, 5.74) is 0.941. The molecule has 1 rings (SSSR count). The Balaban J connectivity index is 2.77. The minimum absolute atomic E-state index is 0.448. The van der Waals surface area contributed by atoms with Gasteiger partial charge in [-0.3, -0.25) is 4.52 Å². The molecule has 0 N–H and O–H groups in total. The molecule has 1 atom stereocenters. The maximum Gasteiger partial charge on any atom is 0.555 e. The number of hydrogen-bond donors (Lipinski definition) is 0. The van der Waals surface area contributed by atoms with Gasteiger partial charge in [-0.15, -0.1) is 0 Å². The molecular weight excluding hydrogens is 209 g/mol. The van der Waals surface area contributed by atoms with Gasteiger partial charge in [0, 0.05) is 12.0 Å². The Kier molecular flexibility index (Phi) is 4.80. The van der Waals surface area contributed by atoms with Crippen LogP contribution in [0.1, 0.15) is 18.9 Å². The standard InChI is InChI=1S/C11H13NO2P/c1-2-15(13)14-11-8-4-3-6-10(11)7-5-9-12/h3-4,6,8H,2,5,7H2,1H3/q+1. The van der Waals surface area contributed by atoms with Gasteiger partial charge in [0.05, 0.1) is 6.07 Å². The Morgan fingerprint density at radius 1 is 1.47 bits per heavy atom. The highest BCUT2D eigenvalue weighted by Gasteiger charge is 2.17. The van der Waals surface area contributed by atoms with Gasteiger partial charge in [-0.2, -0.15) is 5.26 Å². The van der Waals surface area contributed by atoms with Gasteiger partial charge in [-0.25, -0.2) is 0 Å². The lowest BCUT2D eigenvalue weighted by atomic mass is 10.1. The molecule has 0 aliphatic heterocycles. The Bertz CT molecular complexity index is 384. The van der Waals surface area contributed by atoms with Crippen LogP contribution in [0, 0.1) is 11.3 Å². The summed E-state index contributed by atoms with van der Waals surface area (Å²) in [6, 6.07) is 9.49. The molecule has 4 heteroatoms. The molecule has 0 bridgehead atoms. The van der Waals surface area contributed by atoms with Crippen LogP contribution in [-0.2, 0) is 11.0 Å². The van der Waals surface area contributed by atoms with Gasteiger partial charge in [0.15, 0.2) is 11.9 Å². The highest BCUT2D eigenvalue weighted by atomic mass is 31.1. The molecule has 0 radical (unpaired) electrons. The van der Waals surface area contributed by atoms with E-state index < -0.39 is 8.03 Å². The fourth-order valence-corrected chi connectivity index (χ4v) is 1.69. The molecule has 1 unspecified atom stereocenters. The number of rotatable bonds is 5. The number of hydrogen-bond acceptors (Lipinski definition) is 3. The quantitative estimate of drug-likeness (QED) is 0.718. The van der Waals surface area contributed by atoms with Crippen molar-refractivity contribution >= 4 is 8.03 Å². The molecule has 0 fully saturated rings. The van der Waals surface area contributed by atoms with Crippen LogP contribution in [0.15, 0.2) is 24.3 Å². The van der Waals surface area contributed by atoms with Crippen molar-refractivity contribution in [3.05, 3.63) is 29.8 Å². The molecular formula is C11H13NO2P+. The zero-order valence-electron chi connectivity index (χ0n) is 8.64. The van der Waals surface area contributed by atoms with E-state index in [0.29, 0.717) is 24.8 Å². The van der Waals surface area contributed by atoms with Crippen LogP contribution in [0.3, 0.4) is 0 Å². The van der Waals surface area contributed by atoms with Crippen molar-refractivity contribution < 1.29 is 9.09 Å². The fourth-order valence-electron chi connectivity index (χ4n) is 1.16. The van der Waals surface area contributed by atoms with E-state index in [1.807, 2.05) is 25.1 Å². The molecule has 3 nitrogen and oxygen atoms in total. The second-order valence-corrected chi connectivity index (χ2v) is 4.49. The van der Waals surface area contributed by atoms with Gasteiger partial charge in [0.25, 0.3) is 0 Å². The van der Waals surface area contributed by atoms with E-state index in [-0.39, 0.29) is 0 Å². The smallest absolute Gasteiger partial charge is 0.254 e. The van der Waals surface area contributed by atoms with Gasteiger partial charge >= 0.3 is 8.03 Å². The van der Waals surface area contributed by atoms with E-state index in [4.69, 9.17) is 9.79 Å². The summed E-state index contributed by atoms with van der Waals surface area (Å²) in [7, 11) is -1.62. The zero-order valence-corrected chi connectivity index (χ0v) is 9.54. The topological polar surface area (TPSA) is 50.1 Å².